The zero-order chi connectivity index (χ0) is 12.3. The van der Waals surface area contributed by atoms with Crippen molar-refractivity contribution in [1.82, 2.24) is 0 Å². The molecule has 0 N–H and O–H groups in total. The van der Waals surface area contributed by atoms with Gasteiger partial charge in [0.05, 0.1) is 0 Å². The standard InChI is InChI=1S/C16H26O/c1-15-11-7-3-2-4-9-13-16(17)14-10-6-5-8-12-15/h2-3,5-6,15H,4,7-14H2,1H3/b3-2+,6-5+. The Labute approximate surface area is 106 Å². The number of rotatable bonds is 0. The molecule has 1 unspecified atom stereocenters. The highest BCUT2D eigenvalue weighted by molar-refractivity contribution is 5.78. The highest BCUT2D eigenvalue weighted by Crippen LogP contribution is 2.14. The Balaban J connectivity index is 2.36. The van der Waals surface area contributed by atoms with Crippen LogP contribution >= 0.6 is 0 Å². The van der Waals surface area contributed by atoms with E-state index < -0.39 is 0 Å². The van der Waals surface area contributed by atoms with Gasteiger partial charge in [0, 0.05) is 12.8 Å². The average Bonchev–Trinajstić information content (AvgIpc) is 2.32. The molecule has 1 rings (SSSR count). The van der Waals surface area contributed by atoms with Crippen LogP contribution in [0.15, 0.2) is 24.3 Å². The van der Waals surface area contributed by atoms with Crippen LogP contribution in [0.1, 0.15) is 64.7 Å². The average molecular weight is 234 g/mol. The van der Waals surface area contributed by atoms with Crippen molar-refractivity contribution in [2.24, 2.45) is 5.92 Å². The van der Waals surface area contributed by atoms with Crippen molar-refractivity contribution in [1.29, 1.82) is 0 Å². The molecule has 1 heteroatoms. The fraction of sp³-hybridized carbons (Fsp3) is 0.688. The van der Waals surface area contributed by atoms with Crippen molar-refractivity contribution in [2.45, 2.75) is 64.7 Å². The van der Waals surface area contributed by atoms with E-state index in [0.29, 0.717) is 5.78 Å². The lowest BCUT2D eigenvalue weighted by Crippen LogP contribution is -1.95. The van der Waals surface area contributed by atoms with E-state index in [4.69, 9.17) is 0 Å². The topological polar surface area (TPSA) is 17.1 Å². The molecule has 0 fully saturated rings. The van der Waals surface area contributed by atoms with E-state index in [1.165, 1.54) is 25.7 Å². The van der Waals surface area contributed by atoms with Crippen LogP contribution in [-0.4, -0.2) is 5.78 Å². The minimum atomic E-state index is 0.422. The molecular formula is C16H26O. The zero-order valence-electron chi connectivity index (χ0n) is 11.2. The first kappa shape index (κ1) is 14.2. The smallest absolute Gasteiger partial charge is 0.133 e. The second-order valence-corrected chi connectivity index (χ2v) is 5.17. The molecule has 96 valence electrons. The third-order valence-corrected chi connectivity index (χ3v) is 3.40. The number of allylic oxidation sites excluding steroid dienone is 4. The fourth-order valence-electron chi connectivity index (χ4n) is 2.16. The van der Waals surface area contributed by atoms with Crippen LogP contribution in [0.4, 0.5) is 0 Å². The second-order valence-electron chi connectivity index (χ2n) is 5.17. The Bertz CT molecular complexity index is 263. The summed E-state index contributed by atoms with van der Waals surface area (Å²) in [6.07, 6.45) is 18.4. The van der Waals surface area contributed by atoms with Gasteiger partial charge in [-0.05, 0) is 50.9 Å². The summed E-state index contributed by atoms with van der Waals surface area (Å²) in [4.78, 5) is 11.5. The summed E-state index contributed by atoms with van der Waals surface area (Å²) in [5.41, 5.74) is 0. The Morgan fingerprint density at radius 3 is 2.18 bits per heavy atom. The number of carbonyl (C=O) groups excluding carboxylic acids is 1. The molecule has 0 bridgehead atoms. The zero-order valence-corrected chi connectivity index (χ0v) is 11.2. The lowest BCUT2D eigenvalue weighted by atomic mass is 9.99. The summed E-state index contributed by atoms with van der Waals surface area (Å²) in [6, 6.07) is 0. The van der Waals surface area contributed by atoms with Crippen LogP contribution in [0.3, 0.4) is 0 Å². The minimum absolute atomic E-state index is 0.422. The summed E-state index contributed by atoms with van der Waals surface area (Å²) in [5.74, 6) is 1.24. The summed E-state index contributed by atoms with van der Waals surface area (Å²) in [7, 11) is 0. The summed E-state index contributed by atoms with van der Waals surface area (Å²) >= 11 is 0. The lowest BCUT2D eigenvalue weighted by Gasteiger charge is -2.07. The third-order valence-electron chi connectivity index (χ3n) is 3.40. The maximum atomic E-state index is 11.5. The monoisotopic (exact) mass is 234 g/mol. The van der Waals surface area contributed by atoms with Crippen LogP contribution in [0.2, 0.25) is 0 Å². The van der Waals surface area contributed by atoms with Crippen molar-refractivity contribution in [2.75, 3.05) is 0 Å². The molecular weight excluding hydrogens is 208 g/mol. The first-order valence-electron chi connectivity index (χ1n) is 7.10. The predicted octanol–water partition coefficient (Wildman–Crippen LogP) is 4.83. The SMILES string of the molecule is CC1CC/C=C/CCCC(=O)CC/C=C/CC1. The molecule has 17 heavy (non-hydrogen) atoms. The molecule has 0 aliphatic heterocycles. The first-order chi connectivity index (χ1) is 8.29. The Hall–Kier alpha value is -0.850. The van der Waals surface area contributed by atoms with E-state index in [1.54, 1.807) is 0 Å². The van der Waals surface area contributed by atoms with Gasteiger partial charge in [0.25, 0.3) is 0 Å². The molecule has 0 aromatic rings. The second kappa shape index (κ2) is 9.21. The van der Waals surface area contributed by atoms with Crippen LogP contribution in [0, 0.1) is 5.92 Å². The van der Waals surface area contributed by atoms with Gasteiger partial charge in [-0.1, -0.05) is 31.2 Å². The van der Waals surface area contributed by atoms with Crippen LogP contribution < -0.4 is 0 Å². The van der Waals surface area contributed by atoms with E-state index in [2.05, 4.69) is 31.2 Å². The Morgan fingerprint density at radius 1 is 0.882 bits per heavy atom. The van der Waals surface area contributed by atoms with E-state index in [1.807, 2.05) is 0 Å². The highest BCUT2D eigenvalue weighted by Gasteiger charge is 2.01. The molecule has 0 aromatic carbocycles. The van der Waals surface area contributed by atoms with Crippen LogP contribution in [0.25, 0.3) is 0 Å². The minimum Gasteiger partial charge on any atom is -0.300 e. The normalized spacial score (nSPS) is 29.0. The quantitative estimate of drug-likeness (QED) is 0.549. The summed E-state index contributed by atoms with van der Waals surface area (Å²) < 4.78 is 0. The van der Waals surface area contributed by atoms with E-state index in [0.717, 1.165) is 38.0 Å². The van der Waals surface area contributed by atoms with E-state index >= 15 is 0 Å². The van der Waals surface area contributed by atoms with Gasteiger partial charge in [0.1, 0.15) is 5.78 Å². The third kappa shape index (κ3) is 7.95. The van der Waals surface area contributed by atoms with Crippen LogP contribution in [-0.2, 0) is 4.79 Å². The Kier molecular flexibility index (Phi) is 7.70. The number of Topliss-reactive ketones (excluding diaryl/α,β-unsaturated/α-hetero) is 1. The van der Waals surface area contributed by atoms with Crippen molar-refractivity contribution in [3.05, 3.63) is 24.3 Å². The maximum Gasteiger partial charge on any atom is 0.133 e. The van der Waals surface area contributed by atoms with Crippen molar-refractivity contribution in [3.63, 3.8) is 0 Å². The van der Waals surface area contributed by atoms with Gasteiger partial charge in [-0.3, -0.25) is 4.79 Å². The first-order valence-corrected chi connectivity index (χ1v) is 7.10. The summed E-state index contributed by atoms with van der Waals surface area (Å²) in [6.45, 7) is 2.34. The van der Waals surface area contributed by atoms with Crippen LogP contribution in [0.5, 0.6) is 0 Å². The van der Waals surface area contributed by atoms with Gasteiger partial charge < -0.3 is 0 Å². The molecule has 0 heterocycles. The van der Waals surface area contributed by atoms with Gasteiger partial charge in [-0.25, -0.2) is 0 Å². The molecule has 0 amide bonds. The van der Waals surface area contributed by atoms with Gasteiger partial charge in [-0.15, -0.1) is 0 Å². The molecule has 1 aliphatic carbocycles. The molecule has 1 aliphatic rings. The molecule has 1 atom stereocenters. The number of hydrogen-bond donors (Lipinski definition) is 0. The van der Waals surface area contributed by atoms with Crippen molar-refractivity contribution in [3.8, 4) is 0 Å². The van der Waals surface area contributed by atoms with Gasteiger partial charge in [0.15, 0.2) is 0 Å². The van der Waals surface area contributed by atoms with Gasteiger partial charge in [0.2, 0.25) is 0 Å². The summed E-state index contributed by atoms with van der Waals surface area (Å²) in [5, 5.41) is 0. The van der Waals surface area contributed by atoms with Crippen molar-refractivity contribution >= 4 is 5.78 Å². The molecule has 0 saturated carbocycles. The molecule has 0 aromatic heterocycles. The number of hydrogen-bond acceptors (Lipinski definition) is 1. The van der Waals surface area contributed by atoms with Crippen molar-refractivity contribution < 1.29 is 4.79 Å². The van der Waals surface area contributed by atoms with E-state index in [-0.39, 0.29) is 0 Å². The molecule has 0 saturated heterocycles. The Morgan fingerprint density at radius 2 is 1.47 bits per heavy atom. The molecule has 0 radical (unpaired) electrons. The van der Waals surface area contributed by atoms with Gasteiger partial charge in [-0.2, -0.15) is 0 Å². The maximum absolute atomic E-state index is 11.5. The number of ketones is 1. The highest BCUT2D eigenvalue weighted by atomic mass is 16.1. The predicted molar refractivity (Wildman–Crippen MR) is 74.0 cm³/mol. The number of carbonyl (C=O) groups is 1. The van der Waals surface area contributed by atoms with E-state index in [9.17, 15) is 4.79 Å². The molecule has 0 spiro atoms. The fourth-order valence-corrected chi connectivity index (χ4v) is 2.16. The van der Waals surface area contributed by atoms with Gasteiger partial charge >= 0.3 is 0 Å². The molecule has 1 nitrogen and oxygen atoms in total. The lowest BCUT2D eigenvalue weighted by molar-refractivity contribution is -0.119. The largest absolute Gasteiger partial charge is 0.300 e.